The Balaban J connectivity index is 1.69. The Hall–Kier alpha value is -2.16. The average Bonchev–Trinajstić information content (AvgIpc) is 3.23. The molecule has 1 aromatic carbocycles. The Morgan fingerprint density at radius 2 is 1.96 bits per heavy atom. The summed E-state index contributed by atoms with van der Waals surface area (Å²) in [6, 6.07) is 4.14. The van der Waals surface area contributed by atoms with Crippen molar-refractivity contribution in [3.05, 3.63) is 33.9 Å². The first kappa shape index (κ1) is 19.6. The second-order valence-corrected chi connectivity index (χ2v) is 9.52. The largest absolute Gasteiger partial charge is 0.484 e. The molecular formula is C18H24N2O6S. The molecule has 0 spiro atoms. The lowest BCUT2D eigenvalue weighted by molar-refractivity contribution is -0.385. The van der Waals surface area contributed by atoms with Gasteiger partial charge in [0.1, 0.15) is 5.75 Å². The highest BCUT2D eigenvalue weighted by Crippen LogP contribution is 2.29. The van der Waals surface area contributed by atoms with Crippen LogP contribution in [0.2, 0.25) is 0 Å². The highest BCUT2D eigenvalue weighted by atomic mass is 32.2. The topological polar surface area (TPSA) is 107 Å². The summed E-state index contributed by atoms with van der Waals surface area (Å²) in [5, 5.41) is 10.9. The Morgan fingerprint density at radius 3 is 2.52 bits per heavy atom. The Kier molecular flexibility index (Phi) is 5.69. The molecule has 148 valence electrons. The number of rotatable bonds is 6. The number of nitrogens with zero attached hydrogens (tertiary/aromatic N) is 2. The van der Waals surface area contributed by atoms with Crippen molar-refractivity contribution in [2.45, 2.75) is 51.1 Å². The van der Waals surface area contributed by atoms with Crippen LogP contribution < -0.4 is 4.74 Å². The Labute approximate surface area is 158 Å². The fraction of sp³-hybridized carbons (Fsp3) is 0.611. The minimum atomic E-state index is -3.09. The maximum Gasteiger partial charge on any atom is 0.272 e. The zero-order valence-corrected chi connectivity index (χ0v) is 16.1. The highest BCUT2D eigenvalue weighted by molar-refractivity contribution is 7.91. The normalized spacial score (nSPS) is 21.9. The monoisotopic (exact) mass is 396 g/mol. The molecule has 9 heteroatoms. The number of hydrogen-bond acceptors (Lipinski definition) is 6. The zero-order valence-electron chi connectivity index (χ0n) is 15.3. The molecule has 1 aliphatic carbocycles. The number of nitro groups is 1. The van der Waals surface area contributed by atoms with Crippen molar-refractivity contribution in [1.82, 2.24) is 4.90 Å². The molecule has 1 aromatic rings. The van der Waals surface area contributed by atoms with Crippen LogP contribution in [0, 0.1) is 17.0 Å². The first-order valence-corrected chi connectivity index (χ1v) is 11.0. The summed E-state index contributed by atoms with van der Waals surface area (Å²) in [6.45, 7) is 1.41. The number of hydrogen-bond donors (Lipinski definition) is 0. The van der Waals surface area contributed by atoms with E-state index >= 15 is 0 Å². The van der Waals surface area contributed by atoms with Gasteiger partial charge in [0.05, 0.1) is 16.4 Å². The van der Waals surface area contributed by atoms with E-state index in [1.165, 1.54) is 18.2 Å². The van der Waals surface area contributed by atoms with Crippen LogP contribution in [0.1, 0.15) is 37.7 Å². The number of aryl methyl sites for hydroxylation is 1. The van der Waals surface area contributed by atoms with Gasteiger partial charge in [0.2, 0.25) is 0 Å². The third-order valence-corrected chi connectivity index (χ3v) is 7.09. The Morgan fingerprint density at radius 1 is 1.26 bits per heavy atom. The third kappa shape index (κ3) is 4.58. The van der Waals surface area contributed by atoms with Crippen molar-refractivity contribution in [3.63, 3.8) is 0 Å². The van der Waals surface area contributed by atoms with E-state index < -0.39 is 14.8 Å². The van der Waals surface area contributed by atoms with E-state index in [0.29, 0.717) is 17.7 Å². The van der Waals surface area contributed by atoms with Gasteiger partial charge in [-0.1, -0.05) is 12.8 Å². The maximum atomic E-state index is 12.9. The molecule has 27 heavy (non-hydrogen) atoms. The summed E-state index contributed by atoms with van der Waals surface area (Å²) < 4.78 is 29.3. The first-order valence-electron chi connectivity index (χ1n) is 9.16. The van der Waals surface area contributed by atoms with E-state index in [2.05, 4.69) is 0 Å². The molecule has 0 radical (unpaired) electrons. The van der Waals surface area contributed by atoms with E-state index in [1.807, 2.05) is 0 Å². The maximum absolute atomic E-state index is 12.9. The molecule has 1 heterocycles. The van der Waals surface area contributed by atoms with E-state index in [0.717, 1.165) is 25.7 Å². The van der Waals surface area contributed by atoms with Crippen LogP contribution in [0.3, 0.4) is 0 Å². The zero-order chi connectivity index (χ0) is 19.6. The number of carbonyl (C=O) groups is 1. The van der Waals surface area contributed by atoms with Crippen LogP contribution in [0.25, 0.3) is 0 Å². The number of nitro benzene ring substituents is 1. The van der Waals surface area contributed by atoms with Crippen molar-refractivity contribution in [3.8, 4) is 5.75 Å². The van der Waals surface area contributed by atoms with Crippen LogP contribution in [-0.4, -0.2) is 54.3 Å². The molecule has 1 amide bonds. The fourth-order valence-electron chi connectivity index (χ4n) is 4.02. The van der Waals surface area contributed by atoms with Gasteiger partial charge in [-0.3, -0.25) is 14.9 Å². The lowest BCUT2D eigenvalue weighted by atomic mass is 10.1. The predicted molar refractivity (Wildman–Crippen MR) is 99.5 cm³/mol. The average molecular weight is 396 g/mol. The number of amides is 1. The van der Waals surface area contributed by atoms with Gasteiger partial charge in [0, 0.05) is 23.7 Å². The van der Waals surface area contributed by atoms with Crippen LogP contribution in [0.15, 0.2) is 18.2 Å². The molecule has 2 aliphatic rings. The molecule has 2 fully saturated rings. The molecule has 1 unspecified atom stereocenters. The minimum absolute atomic E-state index is 0.00239. The van der Waals surface area contributed by atoms with Gasteiger partial charge in [-0.25, -0.2) is 8.42 Å². The second-order valence-electron chi connectivity index (χ2n) is 7.29. The molecule has 1 aliphatic heterocycles. The van der Waals surface area contributed by atoms with Crippen LogP contribution >= 0.6 is 0 Å². The van der Waals surface area contributed by atoms with Gasteiger partial charge >= 0.3 is 0 Å². The van der Waals surface area contributed by atoms with Crippen molar-refractivity contribution in [1.29, 1.82) is 0 Å². The summed E-state index contributed by atoms with van der Waals surface area (Å²) in [6.07, 6.45) is 4.33. The predicted octanol–water partition coefficient (Wildman–Crippen LogP) is 2.24. The Bertz CT molecular complexity index is 832. The van der Waals surface area contributed by atoms with E-state index in [-0.39, 0.29) is 41.8 Å². The summed E-state index contributed by atoms with van der Waals surface area (Å²) in [5.74, 6) is 0.305. The molecule has 8 nitrogen and oxygen atoms in total. The van der Waals surface area contributed by atoms with Crippen molar-refractivity contribution >= 4 is 21.4 Å². The van der Waals surface area contributed by atoms with Crippen LogP contribution in [0.5, 0.6) is 5.75 Å². The summed E-state index contributed by atoms with van der Waals surface area (Å²) in [4.78, 5) is 25.0. The van der Waals surface area contributed by atoms with Crippen LogP contribution in [-0.2, 0) is 14.6 Å². The van der Waals surface area contributed by atoms with Gasteiger partial charge in [0.15, 0.2) is 16.4 Å². The summed E-state index contributed by atoms with van der Waals surface area (Å²) in [5.41, 5.74) is 0.455. The molecule has 0 bridgehead atoms. The summed E-state index contributed by atoms with van der Waals surface area (Å²) in [7, 11) is -3.09. The van der Waals surface area contributed by atoms with Crippen molar-refractivity contribution in [2.24, 2.45) is 0 Å². The lowest BCUT2D eigenvalue weighted by Gasteiger charge is -2.34. The number of carbonyl (C=O) groups excluding carboxylic acids is 1. The van der Waals surface area contributed by atoms with E-state index in [9.17, 15) is 23.3 Å². The van der Waals surface area contributed by atoms with Gasteiger partial charge in [-0.2, -0.15) is 0 Å². The molecule has 1 saturated carbocycles. The molecule has 1 atom stereocenters. The number of sulfone groups is 1. The van der Waals surface area contributed by atoms with E-state index in [1.54, 1.807) is 11.8 Å². The van der Waals surface area contributed by atoms with E-state index in [4.69, 9.17) is 4.74 Å². The summed E-state index contributed by atoms with van der Waals surface area (Å²) >= 11 is 0. The number of ether oxygens (including phenoxy) is 1. The van der Waals surface area contributed by atoms with Gasteiger partial charge < -0.3 is 9.64 Å². The van der Waals surface area contributed by atoms with Gasteiger partial charge in [-0.05, 0) is 38.3 Å². The van der Waals surface area contributed by atoms with Gasteiger partial charge in [-0.15, -0.1) is 0 Å². The van der Waals surface area contributed by atoms with Crippen LogP contribution in [0.4, 0.5) is 5.69 Å². The SMILES string of the molecule is Cc1cc(OCC(=O)N(C2CCCC2)C2CCS(=O)(=O)C2)ccc1[N+](=O)[O-]. The second kappa shape index (κ2) is 7.84. The fourth-order valence-corrected chi connectivity index (χ4v) is 5.74. The first-order chi connectivity index (χ1) is 12.8. The smallest absolute Gasteiger partial charge is 0.272 e. The third-order valence-electron chi connectivity index (χ3n) is 5.34. The quantitative estimate of drug-likeness (QED) is 0.539. The molecule has 1 saturated heterocycles. The molecule has 0 aromatic heterocycles. The highest BCUT2D eigenvalue weighted by Gasteiger charge is 2.39. The standard InChI is InChI=1S/C18H24N2O6S/c1-13-10-16(6-7-17(13)20(22)23)26-11-18(21)19(14-4-2-3-5-14)15-8-9-27(24,25)12-15/h6-7,10,14-15H,2-5,8-9,11-12H2,1H3. The molecular weight excluding hydrogens is 372 g/mol. The lowest BCUT2D eigenvalue weighted by Crippen LogP contribution is -2.48. The van der Waals surface area contributed by atoms with Crippen molar-refractivity contribution in [2.75, 3.05) is 18.1 Å². The molecule has 3 rings (SSSR count). The minimum Gasteiger partial charge on any atom is -0.484 e. The van der Waals surface area contributed by atoms with Crippen molar-refractivity contribution < 1.29 is 22.9 Å². The number of benzene rings is 1. The van der Waals surface area contributed by atoms with Gasteiger partial charge in [0.25, 0.3) is 11.6 Å². The molecule has 0 N–H and O–H groups in total.